The van der Waals surface area contributed by atoms with Gasteiger partial charge in [0.15, 0.2) is 0 Å². The van der Waals surface area contributed by atoms with Crippen LogP contribution in [0.15, 0.2) is 28.8 Å². The molecule has 0 aliphatic carbocycles. The molecule has 2 aromatic rings. The molecule has 3 rings (SSSR count). The highest BCUT2D eigenvalue weighted by Gasteiger charge is 2.20. The fraction of sp³-hybridized carbons (Fsp3) is 0.474. The lowest BCUT2D eigenvalue weighted by Crippen LogP contribution is -2.48. The van der Waals surface area contributed by atoms with Gasteiger partial charge in [0.05, 0.1) is 12.2 Å². The molecule has 1 aromatic heterocycles. The molecule has 1 aromatic carbocycles. The van der Waals surface area contributed by atoms with Crippen molar-refractivity contribution in [2.75, 3.05) is 38.0 Å². The normalized spacial score (nSPS) is 16.1. The van der Waals surface area contributed by atoms with E-state index in [1.165, 1.54) is 0 Å². The van der Waals surface area contributed by atoms with Crippen molar-refractivity contribution in [3.63, 3.8) is 0 Å². The van der Waals surface area contributed by atoms with Crippen molar-refractivity contribution in [1.82, 2.24) is 15.0 Å². The summed E-state index contributed by atoms with van der Waals surface area (Å²) in [5.41, 5.74) is 4.17. The molecule has 134 valence electrons. The molecule has 1 aliphatic rings. The average molecular weight is 342 g/mol. The van der Waals surface area contributed by atoms with Crippen LogP contribution in [0.25, 0.3) is 0 Å². The van der Waals surface area contributed by atoms with E-state index in [9.17, 15) is 4.79 Å². The maximum absolute atomic E-state index is 12.3. The molecule has 6 nitrogen and oxygen atoms in total. The van der Waals surface area contributed by atoms with Crippen molar-refractivity contribution in [1.29, 1.82) is 0 Å². The number of nitrogens with one attached hydrogen (secondary N) is 1. The molecule has 0 radical (unpaired) electrons. The first-order valence-corrected chi connectivity index (χ1v) is 8.73. The van der Waals surface area contributed by atoms with E-state index < -0.39 is 0 Å². The molecule has 2 heterocycles. The molecule has 0 unspecified atom stereocenters. The van der Waals surface area contributed by atoms with Crippen LogP contribution in [0.5, 0.6) is 0 Å². The van der Waals surface area contributed by atoms with Crippen LogP contribution in [0.4, 0.5) is 5.69 Å². The van der Waals surface area contributed by atoms with Gasteiger partial charge in [-0.25, -0.2) is 0 Å². The van der Waals surface area contributed by atoms with E-state index in [0.717, 1.165) is 61.0 Å². The van der Waals surface area contributed by atoms with Gasteiger partial charge in [-0.2, -0.15) is 0 Å². The summed E-state index contributed by atoms with van der Waals surface area (Å²) in [5.74, 6) is 0.891. The summed E-state index contributed by atoms with van der Waals surface area (Å²) < 4.78 is 5.11. The van der Waals surface area contributed by atoms with Crippen LogP contribution in [-0.2, 0) is 11.3 Å². The summed E-state index contributed by atoms with van der Waals surface area (Å²) in [6, 6.07) is 8.08. The van der Waals surface area contributed by atoms with E-state index in [4.69, 9.17) is 4.52 Å². The lowest BCUT2D eigenvalue weighted by atomic mass is 10.1. The minimum absolute atomic E-state index is 0.0468. The van der Waals surface area contributed by atoms with Crippen molar-refractivity contribution < 1.29 is 9.32 Å². The van der Waals surface area contributed by atoms with Gasteiger partial charge in [0.25, 0.3) is 0 Å². The predicted octanol–water partition coefficient (Wildman–Crippen LogP) is 2.36. The van der Waals surface area contributed by atoms with Crippen molar-refractivity contribution in [2.24, 2.45) is 0 Å². The molecule has 1 N–H and O–H groups in total. The largest absolute Gasteiger partial charge is 0.361 e. The second-order valence-corrected chi connectivity index (χ2v) is 6.91. The number of carbonyl (C=O) groups is 1. The minimum atomic E-state index is 0.0468. The Kier molecular flexibility index (Phi) is 5.50. The average Bonchev–Trinajstić information content (AvgIpc) is 2.93. The second-order valence-electron chi connectivity index (χ2n) is 6.91. The SMILES string of the molecule is Cc1cc(C)cc(NC(=O)CN2CCN(Cc3cc(C)on3)CC2)c1. The molecule has 1 saturated heterocycles. The van der Waals surface area contributed by atoms with Crippen LogP contribution in [0.3, 0.4) is 0 Å². The number of hydrogen-bond donors (Lipinski definition) is 1. The number of hydrogen-bond acceptors (Lipinski definition) is 5. The minimum Gasteiger partial charge on any atom is -0.361 e. The number of rotatable bonds is 5. The Morgan fingerprint density at radius 2 is 1.68 bits per heavy atom. The van der Waals surface area contributed by atoms with Gasteiger partial charge in [0.2, 0.25) is 5.91 Å². The molecule has 6 heteroatoms. The first-order valence-electron chi connectivity index (χ1n) is 8.73. The Bertz CT molecular complexity index is 713. The summed E-state index contributed by atoms with van der Waals surface area (Å²) in [6.07, 6.45) is 0. The Morgan fingerprint density at radius 3 is 2.28 bits per heavy atom. The molecule has 0 atom stereocenters. The summed E-state index contributed by atoms with van der Waals surface area (Å²) >= 11 is 0. The standard InChI is InChI=1S/C19H26N4O2/c1-14-8-15(2)10-17(9-14)20-19(24)13-23-6-4-22(5-7-23)12-18-11-16(3)25-21-18/h8-11H,4-7,12-13H2,1-3H3,(H,20,24). The van der Waals surface area contributed by atoms with Crippen LogP contribution in [-0.4, -0.2) is 53.6 Å². The molecular formula is C19H26N4O2. The van der Waals surface area contributed by atoms with Crippen LogP contribution < -0.4 is 5.32 Å². The van der Waals surface area contributed by atoms with Gasteiger partial charge in [-0.05, 0) is 44.0 Å². The third kappa shape index (κ3) is 5.14. The highest BCUT2D eigenvalue weighted by molar-refractivity contribution is 5.92. The summed E-state index contributed by atoms with van der Waals surface area (Å²) in [6.45, 7) is 10.9. The van der Waals surface area contributed by atoms with Gasteiger partial charge >= 0.3 is 0 Å². The first kappa shape index (κ1) is 17.6. The van der Waals surface area contributed by atoms with Gasteiger partial charge in [0.1, 0.15) is 5.76 Å². The third-order valence-corrected chi connectivity index (χ3v) is 4.40. The van der Waals surface area contributed by atoms with E-state index in [2.05, 4.69) is 26.3 Å². The Hall–Kier alpha value is -2.18. The van der Waals surface area contributed by atoms with Crippen molar-refractivity contribution >= 4 is 11.6 Å². The van der Waals surface area contributed by atoms with E-state index in [0.29, 0.717) is 6.54 Å². The lowest BCUT2D eigenvalue weighted by Gasteiger charge is -2.33. The van der Waals surface area contributed by atoms with E-state index in [1.807, 2.05) is 39.0 Å². The van der Waals surface area contributed by atoms with Crippen LogP contribution in [0.1, 0.15) is 22.6 Å². The van der Waals surface area contributed by atoms with E-state index in [1.54, 1.807) is 0 Å². The molecule has 1 fully saturated rings. The zero-order chi connectivity index (χ0) is 17.8. The highest BCUT2D eigenvalue weighted by Crippen LogP contribution is 2.14. The fourth-order valence-corrected chi connectivity index (χ4v) is 3.28. The zero-order valence-corrected chi connectivity index (χ0v) is 15.2. The molecule has 0 spiro atoms. The number of anilines is 1. The van der Waals surface area contributed by atoms with Crippen molar-refractivity contribution in [2.45, 2.75) is 27.3 Å². The molecule has 0 saturated carbocycles. The maximum atomic E-state index is 12.3. The van der Waals surface area contributed by atoms with E-state index in [-0.39, 0.29) is 5.91 Å². The zero-order valence-electron chi connectivity index (χ0n) is 15.2. The Balaban J connectivity index is 1.44. The molecule has 25 heavy (non-hydrogen) atoms. The molecule has 1 aliphatic heterocycles. The van der Waals surface area contributed by atoms with Crippen LogP contribution >= 0.6 is 0 Å². The van der Waals surface area contributed by atoms with Crippen molar-refractivity contribution in [3.05, 3.63) is 46.8 Å². The quantitative estimate of drug-likeness (QED) is 0.904. The summed E-state index contributed by atoms with van der Waals surface area (Å²) in [4.78, 5) is 16.8. The number of piperazine rings is 1. The number of benzene rings is 1. The first-order chi connectivity index (χ1) is 12.0. The number of aromatic nitrogens is 1. The van der Waals surface area contributed by atoms with Gasteiger partial charge in [0, 0.05) is 44.5 Å². The number of carbonyl (C=O) groups excluding carboxylic acids is 1. The Morgan fingerprint density at radius 1 is 1.04 bits per heavy atom. The van der Waals surface area contributed by atoms with Gasteiger partial charge in [-0.3, -0.25) is 14.6 Å². The molecule has 1 amide bonds. The van der Waals surface area contributed by atoms with E-state index >= 15 is 0 Å². The van der Waals surface area contributed by atoms with Gasteiger partial charge in [-0.15, -0.1) is 0 Å². The van der Waals surface area contributed by atoms with Gasteiger partial charge < -0.3 is 9.84 Å². The number of aryl methyl sites for hydroxylation is 3. The molecular weight excluding hydrogens is 316 g/mol. The Labute approximate surface area is 148 Å². The highest BCUT2D eigenvalue weighted by atomic mass is 16.5. The fourth-order valence-electron chi connectivity index (χ4n) is 3.28. The third-order valence-electron chi connectivity index (χ3n) is 4.40. The van der Waals surface area contributed by atoms with Gasteiger partial charge in [-0.1, -0.05) is 11.2 Å². The van der Waals surface area contributed by atoms with Crippen LogP contribution in [0.2, 0.25) is 0 Å². The topological polar surface area (TPSA) is 61.6 Å². The summed E-state index contributed by atoms with van der Waals surface area (Å²) in [7, 11) is 0. The smallest absolute Gasteiger partial charge is 0.238 e. The lowest BCUT2D eigenvalue weighted by molar-refractivity contribution is -0.117. The summed E-state index contributed by atoms with van der Waals surface area (Å²) in [5, 5.41) is 7.05. The van der Waals surface area contributed by atoms with Crippen LogP contribution in [0, 0.1) is 20.8 Å². The second kappa shape index (κ2) is 7.80. The number of amides is 1. The number of nitrogens with zero attached hydrogens (tertiary/aromatic N) is 3. The monoisotopic (exact) mass is 342 g/mol. The maximum Gasteiger partial charge on any atom is 0.238 e. The predicted molar refractivity (Wildman–Crippen MR) is 97.5 cm³/mol. The molecule has 0 bridgehead atoms. The van der Waals surface area contributed by atoms with Crippen molar-refractivity contribution in [3.8, 4) is 0 Å².